The third kappa shape index (κ3) is 5.62. The van der Waals surface area contributed by atoms with E-state index in [2.05, 4.69) is 5.32 Å². The molecule has 0 saturated heterocycles. The second-order valence-corrected chi connectivity index (χ2v) is 4.87. The average Bonchev–Trinajstić information content (AvgIpc) is 2.55. The largest absolute Gasteiger partial charge is 0.494 e. The van der Waals surface area contributed by atoms with Crippen molar-refractivity contribution in [2.75, 3.05) is 19.8 Å². The van der Waals surface area contributed by atoms with Crippen LogP contribution in [0.4, 0.5) is 4.39 Å². The molecule has 0 atom stereocenters. The Labute approximate surface area is 135 Å². The number of halogens is 1. The SMILES string of the molecule is CCOc1ccc(OCCNC(=O)Cc2ccccc2F)cc1. The van der Waals surface area contributed by atoms with Gasteiger partial charge >= 0.3 is 0 Å². The van der Waals surface area contributed by atoms with E-state index < -0.39 is 0 Å². The fourth-order valence-corrected chi connectivity index (χ4v) is 2.04. The van der Waals surface area contributed by atoms with Crippen molar-refractivity contribution >= 4 is 5.91 Å². The molecule has 0 spiro atoms. The maximum atomic E-state index is 13.4. The summed E-state index contributed by atoms with van der Waals surface area (Å²) in [6.07, 6.45) is 0.0235. The number of nitrogens with one attached hydrogen (secondary N) is 1. The van der Waals surface area contributed by atoms with Crippen molar-refractivity contribution in [2.45, 2.75) is 13.3 Å². The van der Waals surface area contributed by atoms with Crippen LogP contribution in [-0.2, 0) is 11.2 Å². The highest BCUT2D eigenvalue weighted by molar-refractivity contribution is 5.78. The Morgan fingerprint density at radius 2 is 1.70 bits per heavy atom. The van der Waals surface area contributed by atoms with Gasteiger partial charge in [-0.15, -0.1) is 0 Å². The first-order chi connectivity index (χ1) is 11.2. The Morgan fingerprint density at radius 3 is 2.35 bits per heavy atom. The highest BCUT2D eigenvalue weighted by Gasteiger charge is 2.06. The van der Waals surface area contributed by atoms with Crippen LogP contribution in [0.15, 0.2) is 48.5 Å². The molecule has 122 valence electrons. The van der Waals surface area contributed by atoms with E-state index in [1.165, 1.54) is 6.07 Å². The molecular formula is C18H20FNO3. The molecule has 0 aliphatic rings. The van der Waals surface area contributed by atoms with Crippen molar-refractivity contribution in [2.24, 2.45) is 0 Å². The van der Waals surface area contributed by atoms with Gasteiger partial charge in [0, 0.05) is 0 Å². The van der Waals surface area contributed by atoms with Crippen LogP contribution in [0.2, 0.25) is 0 Å². The van der Waals surface area contributed by atoms with Crippen molar-refractivity contribution in [3.8, 4) is 11.5 Å². The fourth-order valence-electron chi connectivity index (χ4n) is 2.04. The lowest BCUT2D eigenvalue weighted by molar-refractivity contribution is -0.120. The van der Waals surface area contributed by atoms with Crippen LogP contribution in [-0.4, -0.2) is 25.7 Å². The van der Waals surface area contributed by atoms with Gasteiger partial charge in [0.25, 0.3) is 0 Å². The molecule has 0 unspecified atom stereocenters. The van der Waals surface area contributed by atoms with E-state index in [9.17, 15) is 9.18 Å². The van der Waals surface area contributed by atoms with Crippen molar-refractivity contribution in [3.05, 3.63) is 59.9 Å². The molecular weight excluding hydrogens is 297 g/mol. The molecule has 2 rings (SSSR count). The number of benzene rings is 2. The highest BCUT2D eigenvalue weighted by atomic mass is 19.1. The maximum absolute atomic E-state index is 13.4. The molecule has 0 radical (unpaired) electrons. The second-order valence-electron chi connectivity index (χ2n) is 4.87. The second kappa shape index (κ2) is 8.78. The third-order valence-corrected chi connectivity index (χ3v) is 3.14. The Hall–Kier alpha value is -2.56. The summed E-state index contributed by atoms with van der Waals surface area (Å²) in [6, 6.07) is 13.5. The van der Waals surface area contributed by atoms with Gasteiger partial charge in [-0.2, -0.15) is 0 Å². The van der Waals surface area contributed by atoms with E-state index in [1.807, 2.05) is 31.2 Å². The van der Waals surface area contributed by atoms with Crippen molar-refractivity contribution in [1.29, 1.82) is 0 Å². The van der Waals surface area contributed by atoms with Crippen LogP contribution in [0, 0.1) is 5.82 Å². The van der Waals surface area contributed by atoms with Gasteiger partial charge in [0.15, 0.2) is 0 Å². The van der Waals surface area contributed by atoms with E-state index in [1.54, 1.807) is 18.2 Å². The molecule has 1 N–H and O–H groups in total. The molecule has 5 heteroatoms. The Bertz CT molecular complexity index is 628. The lowest BCUT2D eigenvalue weighted by atomic mass is 10.1. The summed E-state index contributed by atoms with van der Waals surface area (Å²) in [5.41, 5.74) is 0.387. The number of carbonyl (C=O) groups excluding carboxylic acids is 1. The molecule has 0 aliphatic carbocycles. The van der Waals surface area contributed by atoms with Crippen LogP contribution >= 0.6 is 0 Å². The van der Waals surface area contributed by atoms with Gasteiger partial charge in [-0.1, -0.05) is 18.2 Å². The lowest BCUT2D eigenvalue weighted by Gasteiger charge is -2.09. The molecule has 0 aromatic heterocycles. The zero-order chi connectivity index (χ0) is 16.5. The topological polar surface area (TPSA) is 47.6 Å². The summed E-state index contributed by atoms with van der Waals surface area (Å²) in [7, 11) is 0. The van der Waals surface area contributed by atoms with Gasteiger partial charge < -0.3 is 14.8 Å². The van der Waals surface area contributed by atoms with Crippen molar-refractivity contribution in [3.63, 3.8) is 0 Å². The van der Waals surface area contributed by atoms with Gasteiger partial charge in [0.2, 0.25) is 5.91 Å². The molecule has 0 fully saturated rings. The predicted octanol–water partition coefficient (Wildman–Crippen LogP) is 2.96. The summed E-state index contributed by atoms with van der Waals surface area (Å²) in [6.45, 7) is 3.25. The summed E-state index contributed by atoms with van der Waals surface area (Å²) < 4.78 is 24.3. The van der Waals surface area contributed by atoms with E-state index in [0.717, 1.165) is 5.75 Å². The number of amides is 1. The minimum absolute atomic E-state index is 0.0235. The standard InChI is InChI=1S/C18H20FNO3/c1-2-22-15-7-9-16(10-8-15)23-12-11-20-18(21)13-14-5-3-4-6-17(14)19/h3-10H,2,11-13H2,1H3,(H,20,21). The van der Waals surface area contributed by atoms with E-state index >= 15 is 0 Å². The van der Waals surface area contributed by atoms with E-state index in [4.69, 9.17) is 9.47 Å². The molecule has 1 amide bonds. The lowest BCUT2D eigenvalue weighted by Crippen LogP contribution is -2.29. The first-order valence-corrected chi connectivity index (χ1v) is 7.55. The Kier molecular flexibility index (Phi) is 6.41. The minimum atomic E-state index is -0.367. The Balaban J connectivity index is 1.68. The molecule has 0 saturated carbocycles. The number of carbonyl (C=O) groups is 1. The van der Waals surface area contributed by atoms with Crippen LogP contribution < -0.4 is 14.8 Å². The molecule has 23 heavy (non-hydrogen) atoms. The molecule has 0 aliphatic heterocycles. The smallest absolute Gasteiger partial charge is 0.224 e. The van der Waals surface area contributed by atoms with Crippen LogP contribution in [0.25, 0.3) is 0 Å². The average molecular weight is 317 g/mol. The zero-order valence-electron chi connectivity index (χ0n) is 13.0. The summed E-state index contributed by atoms with van der Waals surface area (Å²) in [4.78, 5) is 11.7. The van der Waals surface area contributed by atoms with Crippen LogP contribution in [0.5, 0.6) is 11.5 Å². The monoisotopic (exact) mass is 317 g/mol. The van der Waals surface area contributed by atoms with Crippen molar-refractivity contribution in [1.82, 2.24) is 5.32 Å². The van der Waals surface area contributed by atoms with Crippen LogP contribution in [0.3, 0.4) is 0 Å². The third-order valence-electron chi connectivity index (χ3n) is 3.14. The van der Waals surface area contributed by atoms with Crippen molar-refractivity contribution < 1.29 is 18.7 Å². The number of hydrogen-bond acceptors (Lipinski definition) is 3. The van der Waals surface area contributed by atoms with Crippen LogP contribution in [0.1, 0.15) is 12.5 Å². The minimum Gasteiger partial charge on any atom is -0.494 e. The predicted molar refractivity (Wildman–Crippen MR) is 86.2 cm³/mol. The summed E-state index contributed by atoms with van der Waals surface area (Å²) >= 11 is 0. The van der Waals surface area contributed by atoms with Gasteiger partial charge in [-0.25, -0.2) is 4.39 Å². The number of hydrogen-bond donors (Lipinski definition) is 1. The van der Waals surface area contributed by atoms with Gasteiger partial charge in [-0.3, -0.25) is 4.79 Å². The molecule has 2 aromatic carbocycles. The Morgan fingerprint density at radius 1 is 1.04 bits per heavy atom. The summed E-state index contributed by atoms with van der Waals surface area (Å²) in [5.74, 6) is 0.897. The molecule has 0 heterocycles. The first kappa shape index (κ1) is 16.8. The maximum Gasteiger partial charge on any atom is 0.224 e. The zero-order valence-corrected chi connectivity index (χ0v) is 13.0. The molecule has 2 aromatic rings. The highest BCUT2D eigenvalue weighted by Crippen LogP contribution is 2.17. The van der Waals surface area contributed by atoms with E-state index in [-0.39, 0.29) is 18.1 Å². The van der Waals surface area contributed by atoms with E-state index in [0.29, 0.717) is 31.1 Å². The number of ether oxygens (including phenoxy) is 2. The van der Waals surface area contributed by atoms with Gasteiger partial charge in [-0.05, 0) is 42.8 Å². The van der Waals surface area contributed by atoms with Gasteiger partial charge in [0.05, 0.1) is 19.6 Å². The number of rotatable bonds is 8. The molecule has 4 nitrogen and oxygen atoms in total. The fraction of sp³-hybridized carbons (Fsp3) is 0.278. The first-order valence-electron chi connectivity index (χ1n) is 7.55. The van der Waals surface area contributed by atoms with Gasteiger partial charge in [0.1, 0.15) is 23.9 Å². The molecule has 0 bridgehead atoms. The quantitative estimate of drug-likeness (QED) is 0.762. The normalized spacial score (nSPS) is 10.2. The summed E-state index contributed by atoms with van der Waals surface area (Å²) in [5, 5.41) is 2.71.